The SMILES string of the molecule is COCCOCCCNC(=O)c1cncc(O)c1. The molecule has 0 aliphatic heterocycles. The summed E-state index contributed by atoms with van der Waals surface area (Å²) in [5.41, 5.74) is 0.343. The van der Waals surface area contributed by atoms with Gasteiger partial charge < -0.3 is 19.9 Å². The van der Waals surface area contributed by atoms with E-state index in [0.717, 1.165) is 6.42 Å². The van der Waals surface area contributed by atoms with E-state index < -0.39 is 0 Å². The molecule has 0 aromatic carbocycles. The van der Waals surface area contributed by atoms with Crippen molar-refractivity contribution >= 4 is 5.91 Å². The summed E-state index contributed by atoms with van der Waals surface area (Å²) < 4.78 is 10.1. The molecule has 1 aromatic heterocycles. The lowest BCUT2D eigenvalue weighted by Gasteiger charge is -2.06. The number of methoxy groups -OCH3 is 1. The first-order valence-electron chi connectivity index (χ1n) is 5.73. The number of nitrogens with one attached hydrogen (secondary N) is 1. The first-order valence-corrected chi connectivity index (χ1v) is 5.73. The molecule has 0 radical (unpaired) electrons. The predicted molar refractivity (Wildman–Crippen MR) is 65.5 cm³/mol. The Balaban J connectivity index is 2.14. The van der Waals surface area contributed by atoms with Crippen LogP contribution in [0.1, 0.15) is 16.8 Å². The van der Waals surface area contributed by atoms with Gasteiger partial charge in [-0.1, -0.05) is 0 Å². The second kappa shape index (κ2) is 8.43. The van der Waals surface area contributed by atoms with Gasteiger partial charge in [0.25, 0.3) is 5.91 Å². The Bertz CT molecular complexity index is 371. The lowest BCUT2D eigenvalue weighted by Crippen LogP contribution is -2.25. The third-order valence-electron chi connectivity index (χ3n) is 2.17. The van der Waals surface area contributed by atoms with Crippen LogP contribution in [-0.4, -0.2) is 49.5 Å². The number of hydrogen-bond acceptors (Lipinski definition) is 5. The van der Waals surface area contributed by atoms with E-state index in [4.69, 9.17) is 9.47 Å². The van der Waals surface area contributed by atoms with Crippen molar-refractivity contribution in [1.82, 2.24) is 10.3 Å². The number of carbonyl (C=O) groups excluding carboxylic acids is 1. The van der Waals surface area contributed by atoms with Gasteiger partial charge >= 0.3 is 0 Å². The minimum absolute atomic E-state index is 0.0226. The molecule has 0 aliphatic rings. The summed E-state index contributed by atoms with van der Waals surface area (Å²) in [6.45, 7) is 2.21. The Morgan fingerprint density at radius 2 is 2.22 bits per heavy atom. The summed E-state index contributed by atoms with van der Waals surface area (Å²) in [5, 5.41) is 11.9. The zero-order valence-corrected chi connectivity index (χ0v) is 10.4. The average molecular weight is 254 g/mol. The van der Waals surface area contributed by atoms with E-state index in [-0.39, 0.29) is 11.7 Å². The van der Waals surface area contributed by atoms with Gasteiger partial charge in [-0.15, -0.1) is 0 Å². The molecule has 1 heterocycles. The maximum Gasteiger partial charge on any atom is 0.252 e. The van der Waals surface area contributed by atoms with E-state index in [2.05, 4.69) is 10.3 Å². The Labute approximate surface area is 106 Å². The fraction of sp³-hybridized carbons (Fsp3) is 0.500. The van der Waals surface area contributed by atoms with Gasteiger partial charge in [0, 0.05) is 26.5 Å². The van der Waals surface area contributed by atoms with Crippen LogP contribution in [-0.2, 0) is 9.47 Å². The number of rotatable bonds is 8. The number of nitrogens with zero attached hydrogens (tertiary/aromatic N) is 1. The molecular formula is C12H18N2O4. The Hall–Kier alpha value is -1.66. The minimum atomic E-state index is -0.254. The van der Waals surface area contributed by atoms with Crippen molar-refractivity contribution in [3.8, 4) is 5.75 Å². The summed E-state index contributed by atoms with van der Waals surface area (Å²) in [5.74, 6) is -0.277. The molecule has 0 saturated heterocycles. The van der Waals surface area contributed by atoms with Crippen molar-refractivity contribution in [2.45, 2.75) is 6.42 Å². The van der Waals surface area contributed by atoms with Crippen LogP contribution >= 0.6 is 0 Å². The Morgan fingerprint density at radius 3 is 2.94 bits per heavy atom. The monoisotopic (exact) mass is 254 g/mol. The van der Waals surface area contributed by atoms with Crippen LogP contribution in [0, 0.1) is 0 Å². The zero-order valence-electron chi connectivity index (χ0n) is 10.4. The molecule has 1 amide bonds. The first kappa shape index (κ1) is 14.4. The highest BCUT2D eigenvalue weighted by atomic mass is 16.5. The molecule has 0 unspecified atom stereocenters. The highest BCUT2D eigenvalue weighted by Gasteiger charge is 2.05. The molecule has 6 heteroatoms. The van der Waals surface area contributed by atoms with E-state index in [1.54, 1.807) is 7.11 Å². The van der Waals surface area contributed by atoms with E-state index >= 15 is 0 Å². The van der Waals surface area contributed by atoms with Crippen molar-refractivity contribution in [2.75, 3.05) is 33.5 Å². The molecule has 0 bridgehead atoms. The van der Waals surface area contributed by atoms with Gasteiger partial charge in [-0.05, 0) is 12.5 Å². The summed E-state index contributed by atoms with van der Waals surface area (Å²) in [6, 6.07) is 1.37. The Morgan fingerprint density at radius 1 is 1.39 bits per heavy atom. The molecule has 100 valence electrons. The topological polar surface area (TPSA) is 80.7 Å². The minimum Gasteiger partial charge on any atom is -0.506 e. The lowest BCUT2D eigenvalue weighted by molar-refractivity contribution is 0.0688. The Kier molecular flexibility index (Phi) is 6.75. The van der Waals surface area contributed by atoms with Crippen LogP contribution < -0.4 is 5.32 Å². The molecule has 0 saturated carbocycles. The number of aromatic hydroxyl groups is 1. The van der Waals surface area contributed by atoms with Crippen molar-refractivity contribution in [2.24, 2.45) is 0 Å². The molecule has 18 heavy (non-hydrogen) atoms. The normalized spacial score (nSPS) is 10.3. The summed E-state index contributed by atoms with van der Waals surface area (Å²) >= 11 is 0. The van der Waals surface area contributed by atoms with Gasteiger partial charge in [0.05, 0.1) is 25.0 Å². The van der Waals surface area contributed by atoms with E-state index in [1.807, 2.05) is 0 Å². The molecule has 2 N–H and O–H groups in total. The highest BCUT2D eigenvalue weighted by molar-refractivity contribution is 5.94. The molecule has 0 aliphatic carbocycles. The molecule has 0 atom stereocenters. The number of ether oxygens (including phenoxy) is 2. The van der Waals surface area contributed by atoms with Crippen LogP contribution in [0.15, 0.2) is 18.5 Å². The van der Waals surface area contributed by atoms with E-state index in [1.165, 1.54) is 18.5 Å². The van der Waals surface area contributed by atoms with E-state index in [9.17, 15) is 9.90 Å². The third kappa shape index (κ3) is 5.60. The molecule has 0 fully saturated rings. The lowest BCUT2D eigenvalue weighted by atomic mass is 10.2. The van der Waals surface area contributed by atoms with Gasteiger partial charge in [-0.3, -0.25) is 9.78 Å². The van der Waals surface area contributed by atoms with Gasteiger partial charge in [0.2, 0.25) is 0 Å². The van der Waals surface area contributed by atoms with Crippen molar-refractivity contribution in [1.29, 1.82) is 0 Å². The number of pyridine rings is 1. The number of carbonyl (C=O) groups is 1. The largest absolute Gasteiger partial charge is 0.506 e. The fourth-order valence-corrected chi connectivity index (χ4v) is 1.27. The fourth-order valence-electron chi connectivity index (χ4n) is 1.27. The number of hydrogen-bond donors (Lipinski definition) is 2. The number of amides is 1. The standard InChI is InChI=1S/C12H18N2O4/c1-17-5-6-18-4-2-3-14-12(16)10-7-11(15)9-13-8-10/h7-9,15H,2-6H2,1H3,(H,14,16). The quantitative estimate of drug-likeness (QED) is 0.663. The van der Waals surface area contributed by atoms with Gasteiger partial charge in [0.15, 0.2) is 0 Å². The van der Waals surface area contributed by atoms with Crippen molar-refractivity contribution in [3.05, 3.63) is 24.0 Å². The smallest absolute Gasteiger partial charge is 0.252 e. The highest BCUT2D eigenvalue weighted by Crippen LogP contribution is 2.07. The molecule has 6 nitrogen and oxygen atoms in total. The van der Waals surface area contributed by atoms with Gasteiger partial charge in [0.1, 0.15) is 5.75 Å². The van der Waals surface area contributed by atoms with Gasteiger partial charge in [-0.2, -0.15) is 0 Å². The van der Waals surface area contributed by atoms with Gasteiger partial charge in [-0.25, -0.2) is 0 Å². The molecule has 1 aromatic rings. The van der Waals surface area contributed by atoms with Crippen LogP contribution in [0.3, 0.4) is 0 Å². The van der Waals surface area contributed by atoms with Crippen molar-refractivity contribution < 1.29 is 19.4 Å². The average Bonchev–Trinajstić information content (AvgIpc) is 2.37. The molecule has 0 spiro atoms. The molecule has 1 rings (SSSR count). The van der Waals surface area contributed by atoms with E-state index in [0.29, 0.717) is 31.9 Å². The van der Waals surface area contributed by atoms with Crippen LogP contribution in [0.4, 0.5) is 0 Å². The second-order valence-corrected chi connectivity index (χ2v) is 3.65. The first-order chi connectivity index (χ1) is 8.74. The van der Waals surface area contributed by atoms with Crippen molar-refractivity contribution in [3.63, 3.8) is 0 Å². The number of aromatic nitrogens is 1. The summed E-state index contributed by atoms with van der Waals surface area (Å²) in [4.78, 5) is 15.3. The second-order valence-electron chi connectivity index (χ2n) is 3.65. The maximum absolute atomic E-state index is 11.6. The van der Waals surface area contributed by atoms with Crippen LogP contribution in [0.25, 0.3) is 0 Å². The third-order valence-corrected chi connectivity index (χ3v) is 2.17. The van der Waals surface area contributed by atoms with Crippen LogP contribution in [0.5, 0.6) is 5.75 Å². The van der Waals surface area contributed by atoms with Crippen LogP contribution in [0.2, 0.25) is 0 Å². The summed E-state index contributed by atoms with van der Waals surface area (Å²) in [7, 11) is 1.62. The predicted octanol–water partition coefficient (Wildman–Crippen LogP) is 0.570. The zero-order chi connectivity index (χ0) is 13.2. The molecular weight excluding hydrogens is 236 g/mol. The summed E-state index contributed by atoms with van der Waals surface area (Å²) in [6.07, 6.45) is 3.41. The maximum atomic E-state index is 11.6.